The molecule has 1 aromatic carbocycles. The van der Waals surface area contributed by atoms with E-state index in [1.54, 1.807) is 6.07 Å². The summed E-state index contributed by atoms with van der Waals surface area (Å²) < 4.78 is 79.6. The fraction of sp³-hybridized carbons (Fsp3) is 0.440. The van der Waals surface area contributed by atoms with Gasteiger partial charge in [-0.15, -0.1) is 0 Å². The minimum absolute atomic E-state index is 0.00923. The van der Waals surface area contributed by atoms with Crippen LogP contribution in [0.5, 0.6) is 5.75 Å². The smallest absolute Gasteiger partial charge is 0.419 e. The number of halogens is 3. The molecule has 4 rings (SSSR count). The van der Waals surface area contributed by atoms with Crippen molar-refractivity contribution in [3.05, 3.63) is 47.9 Å². The van der Waals surface area contributed by atoms with E-state index >= 15 is 0 Å². The van der Waals surface area contributed by atoms with Crippen LogP contribution in [0.4, 0.5) is 24.0 Å². The van der Waals surface area contributed by atoms with E-state index in [0.717, 1.165) is 43.2 Å². The van der Waals surface area contributed by atoms with Crippen LogP contribution in [0, 0.1) is 12.8 Å². The summed E-state index contributed by atoms with van der Waals surface area (Å²) in [6.45, 7) is 7.51. The zero-order valence-electron chi connectivity index (χ0n) is 21.3. The monoisotopic (exact) mass is 570 g/mol. The lowest BCUT2D eigenvalue weighted by molar-refractivity contribution is -0.137. The molecular weight excluding hydrogens is 541 g/mol. The Morgan fingerprint density at radius 2 is 1.87 bits per heavy atom. The van der Waals surface area contributed by atoms with Gasteiger partial charge in [-0.25, -0.2) is 13.4 Å². The van der Waals surface area contributed by atoms with Crippen LogP contribution in [0.2, 0.25) is 0 Å². The molecule has 0 spiro atoms. The number of nitrogens with one attached hydrogen (secondary N) is 2. The highest BCUT2D eigenvalue weighted by atomic mass is 32.2. The first-order valence-electron chi connectivity index (χ1n) is 11.9. The number of thiazole rings is 1. The first-order chi connectivity index (χ1) is 17.8. The predicted octanol–water partition coefficient (Wildman–Crippen LogP) is 5.96. The molecule has 0 aliphatic carbocycles. The fourth-order valence-electron chi connectivity index (χ4n) is 4.45. The van der Waals surface area contributed by atoms with Crippen LogP contribution < -0.4 is 14.8 Å². The number of aryl methyl sites for hydroxylation is 1. The van der Waals surface area contributed by atoms with E-state index in [4.69, 9.17) is 9.47 Å². The molecule has 1 saturated heterocycles. The summed E-state index contributed by atoms with van der Waals surface area (Å²) in [5.74, 6) is 0.396. The molecule has 0 bridgehead atoms. The predicted molar refractivity (Wildman–Crippen MR) is 140 cm³/mol. The van der Waals surface area contributed by atoms with Crippen LogP contribution in [0.3, 0.4) is 0 Å². The molecule has 0 atom stereocenters. The number of aromatic nitrogens is 2. The average molecular weight is 571 g/mol. The molecule has 2 aromatic heterocycles. The van der Waals surface area contributed by atoms with Gasteiger partial charge in [0.05, 0.1) is 28.9 Å². The Bertz CT molecular complexity index is 1400. The Morgan fingerprint density at radius 3 is 2.53 bits per heavy atom. The van der Waals surface area contributed by atoms with Crippen molar-refractivity contribution >= 4 is 32.2 Å². The van der Waals surface area contributed by atoms with E-state index in [2.05, 4.69) is 29.1 Å². The van der Waals surface area contributed by atoms with Gasteiger partial charge in [0.25, 0.3) is 10.0 Å². The number of anilines is 2. The lowest BCUT2D eigenvalue weighted by Gasteiger charge is -2.37. The molecule has 1 aliphatic rings. The SMILES string of the molecule is COc1ccc(-c2sc(NC(C)(C)C3CCOCC3)nc2C)cc1S(=O)(=O)Nc1ccncc1C(F)(F)F. The molecule has 0 saturated carbocycles. The van der Waals surface area contributed by atoms with Gasteiger partial charge in [0.2, 0.25) is 0 Å². The van der Waals surface area contributed by atoms with Gasteiger partial charge in [-0.1, -0.05) is 11.3 Å². The van der Waals surface area contributed by atoms with Crippen molar-refractivity contribution < 1.29 is 31.1 Å². The van der Waals surface area contributed by atoms with Crippen LogP contribution in [-0.4, -0.2) is 44.2 Å². The van der Waals surface area contributed by atoms with Gasteiger partial charge in [0.1, 0.15) is 10.6 Å². The molecular formula is C25H29F3N4O4S2. The second-order valence-electron chi connectivity index (χ2n) is 9.56. The number of rotatable bonds is 8. The average Bonchev–Trinajstić information content (AvgIpc) is 3.22. The van der Waals surface area contributed by atoms with Crippen molar-refractivity contribution in [1.82, 2.24) is 9.97 Å². The standard InChI is InChI=1S/C25H29F3N4O4S2/c1-15-22(37-23(30-15)31-24(2,3)17-8-11-36-12-9-17)16-5-6-20(35-4)21(13-16)38(33,34)32-19-7-10-29-14-18(19)25(26,27)28/h5-7,10,13-14,17H,8-9,11-12H2,1-4H3,(H,29,32)(H,30,31). The molecule has 8 nitrogen and oxygen atoms in total. The molecule has 3 aromatic rings. The van der Waals surface area contributed by atoms with Gasteiger partial charge in [-0.2, -0.15) is 13.2 Å². The highest BCUT2D eigenvalue weighted by Gasteiger charge is 2.36. The van der Waals surface area contributed by atoms with Gasteiger partial charge >= 0.3 is 6.18 Å². The number of benzene rings is 1. The van der Waals surface area contributed by atoms with Gasteiger partial charge in [-0.05, 0) is 69.4 Å². The number of nitrogens with zero attached hydrogens (tertiary/aromatic N) is 2. The van der Waals surface area contributed by atoms with Crippen LogP contribution in [0.15, 0.2) is 41.6 Å². The number of alkyl halides is 3. The Balaban J connectivity index is 1.66. The summed E-state index contributed by atoms with van der Waals surface area (Å²) in [5.41, 5.74) is -0.820. The molecule has 1 aliphatic heterocycles. The summed E-state index contributed by atoms with van der Waals surface area (Å²) in [4.78, 5) is 8.56. The van der Waals surface area contributed by atoms with Crippen molar-refractivity contribution in [3.8, 4) is 16.2 Å². The summed E-state index contributed by atoms with van der Waals surface area (Å²) in [5, 5.41) is 4.22. The summed E-state index contributed by atoms with van der Waals surface area (Å²) in [7, 11) is -3.17. The van der Waals surface area contributed by atoms with Gasteiger partial charge in [-0.3, -0.25) is 9.71 Å². The normalized spacial score (nSPS) is 15.3. The molecule has 0 unspecified atom stereocenters. The Labute approximate surface area is 223 Å². The van der Waals surface area contributed by atoms with Crippen LogP contribution in [-0.2, 0) is 20.9 Å². The van der Waals surface area contributed by atoms with Crippen molar-refractivity contribution in [2.75, 3.05) is 30.4 Å². The van der Waals surface area contributed by atoms with Gasteiger partial charge in [0.15, 0.2) is 5.13 Å². The molecule has 206 valence electrons. The number of methoxy groups -OCH3 is 1. The lowest BCUT2D eigenvalue weighted by atomic mass is 9.82. The third kappa shape index (κ3) is 6.05. The Morgan fingerprint density at radius 1 is 1.16 bits per heavy atom. The van der Waals surface area contributed by atoms with Crippen molar-refractivity contribution in [2.24, 2.45) is 5.92 Å². The van der Waals surface area contributed by atoms with E-state index in [9.17, 15) is 21.6 Å². The molecule has 1 fully saturated rings. The highest BCUT2D eigenvalue weighted by Crippen LogP contribution is 2.40. The maximum Gasteiger partial charge on any atom is 0.419 e. The summed E-state index contributed by atoms with van der Waals surface area (Å²) in [6.07, 6.45) is -1.26. The first kappa shape index (κ1) is 28.1. The first-order valence-corrected chi connectivity index (χ1v) is 14.2. The summed E-state index contributed by atoms with van der Waals surface area (Å²) in [6, 6.07) is 5.50. The molecule has 2 N–H and O–H groups in total. The molecule has 13 heteroatoms. The van der Waals surface area contributed by atoms with Crippen molar-refractivity contribution in [1.29, 1.82) is 0 Å². The van der Waals surface area contributed by atoms with Crippen LogP contribution in [0.1, 0.15) is 37.9 Å². The zero-order valence-corrected chi connectivity index (χ0v) is 23.0. The number of sulfonamides is 1. The van der Waals surface area contributed by atoms with Gasteiger partial charge < -0.3 is 14.8 Å². The molecule has 38 heavy (non-hydrogen) atoms. The third-order valence-electron chi connectivity index (χ3n) is 6.55. The Kier molecular flexibility index (Phi) is 7.91. The van der Waals surface area contributed by atoms with E-state index in [1.165, 1.54) is 30.6 Å². The van der Waals surface area contributed by atoms with E-state index < -0.39 is 27.5 Å². The van der Waals surface area contributed by atoms with Crippen LogP contribution >= 0.6 is 11.3 Å². The second kappa shape index (κ2) is 10.7. The Hall–Kier alpha value is -2.90. The third-order valence-corrected chi connectivity index (χ3v) is 9.06. The highest BCUT2D eigenvalue weighted by molar-refractivity contribution is 7.92. The summed E-state index contributed by atoms with van der Waals surface area (Å²) >= 11 is 1.38. The molecule has 0 radical (unpaired) electrons. The lowest BCUT2D eigenvalue weighted by Crippen LogP contribution is -2.42. The van der Waals surface area contributed by atoms with Gasteiger partial charge in [0, 0.05) is 31.1 Å². The molecule has 0 amide bonds. The van der Waals surface area contributed by atoms with Crippen molar-refractivity contribution in [3.63, 3.8) is 0 Å². The minimum atomic E-state index is -4.79. The number of hydrogen-bond acceptors (Lipinski definition) is 8. The van der Waals surface area contributed by atoms with E-state index in [0.29, 0.717) is 28.5 Å². The minimum Gasteiger partial charge on any atom is -0.495 e. The fourth-order valence-corrected chi connectivity index (χ4v) is 6.86. The zero-order chi connectivity index (χ0) is 27.7. The maximum atomic E-state index is 13.4. The molecule has 3 heterocycles. The quantitative estimate of drug-likeness (QED) is 0.345. The van der Waals surface area contributed by atoms with Crippen molar-refractivity contribution in [2.45, 2.75) is 50.2 Å². The number of hydrogen-bond donors (Lipinski definition) is 2. The number of pyridine rings is 1. The number of ether oxygens (including phenoxy) is 2. The second-order valence-corrected chi connectivity index (χ2v) is 12.2. The van der Waals surface area contributed by atoms with E-state index in [-0.39, 0.29) is 16.2 Å². The maximum absolute atomic E-state index is 13.4. The van der Waals surface area contributed by atoms with E-state index in [1.807, 2.05) is 11.6 Å². The van der Waals surface area contributed by atoms with Crippen LogP contribution in [0.25, 0.3) is 10.4 Å². The largest absolute Gasteiger partial charge is 0.495 e. The topological polar surface area (TPSA) is 102 Å².